The topological polar surface area (TPSA) is 61.9 Å². The van der Waals surface area contributed by atoms with E-state index in [1.807, 2.05) is 28.0 Å². The van der Waals surface area contributed by atoms with E-state index in [0.29, 0.717) is 12.3 Å². The lowest BCUT2D eigenvalue weighted by Gasteiger charge is -2.47. The van der Waals surface area contributed by atoms with Crippen LogP contribution < -0.4 is 10.1 Å². The number of piperidine rings is 1. The Morgan fingerprint density at radius 3 is 2.47 bits per heavy atom. The Morgan fingerprint density at radius 2 is 1.73 bits per heavy atom. The molecule has 2 saturated heterocycles. The molecule has 3 fully saturated rings. The Bertz CT molecular complexity index is 793. The summed E-state index contributed by atoms with van der Waals surface area (Å²) >= 11 is 0. The van der Waals surface area contributed by atoms with Gasteiger partial charge >= 0.3 is 6.03 Å². The van der Waals surface area contributed by atoms with Crippen molar-refractivity contribution in [1.82, 2.24) is 15.1 Å². The monoisotopic (exact) mass is 411 g/mol. The lowest BCUT2D eigenvalue weighted by Crippen LogP contribution is -2.54. The van der Waals surface area contributed by atoms with Crippen LogP contribution in [-0.4, -0.2) is 60.1 Å². The summed E-state index contributed by atoms with van der Waals surface area (Å²) in [6, 6.07) is 8.37. The maximum Gasteiger partial charge on any atom is 0.320 e. The van der Waals surface area contributed by atoms with Gasteiger partial charge in [-0.1, -0.05) is 18.2 Å². The van der Waals surface area contributed by atoms with Gasteiger partial charge in [-0.25, -0.2) is 4.79 Å². The fourth-order valence-electron chi connectivity index (χ4n) is 5.32. The molecule has 30 heavy (non-hydrogen) atoms. The van der Waals surface area contributed by atoms with Crippen molar-refractivity contribution in [3.8, 4) is 5.75 Å². The fraction of sp³-hybridized carbons (Fsp3) is 0.667. The first-order chi connectivity index (χ1) is 14.6. The average molecular weight is 412 g/mol. The van der Waals surface area contributed by atoms with Crippen molar-refractivity contribution in [3.63, 3.8) is 0 Å². The Hall–Kier alpha value is -2.24. The van der Waals surface area contributed by atoms with Crippen LogP contribution in [-0.2, 0) is 4.79 Å². The van der Waals surface area contributed by atoms with Gasteiger partial charge in [0.1, 0.15) is 11.4 Å². The van der Waals surface area contributed by atoms with Gasteiger partial charge in [0.2, 0.25) is 5.91 Å². The number of para-hydroxylation sites is 1. The molecule has 1 N–H and O–H groups in total. The van der Waals surface area contributed by atoms with E-state index in [2.05, 4.69) is 11.4 Å². The van der Waals surface area contributed by atoms with E-state index < -0.39 is 0 Å². The zero-order valence-corrected chi connectivity index (χ0v) is 17.8. The number of amides is 3. The molecule has 3 heterocycles. The average Bonchev–Trinajstić information content (AvgIpc) is 3.43. The highest BCUT2D eigenvalue weighted by Gasteiger charge is 2.44. The zero-order chi connectivity index (χ0) is 20.6. The normalized spacial score (nSPS) is 25.0. The van der Waals surface area contributed by atoms with Crippen molar-refractivity contribution in [1.29, 1.82) is 0 Å². The van der Waals surface area contributed by atoms with Crippen molar-refractivity contribution in [3.05, 3.63) is 29.8 Å². The van der Waals surface area contributed by atoms with Gasteiger partial charge in [0.15, 0.2) is 0 Å². The van der Waals surface area contributed by atoms with Gasteiger partial charge in [-0.3, -0.25) is 4.79 Å². The largest absolute Gasteiger partial charge is 0.487 e. The number of rotatable bonds is 4. The summed E-state index contributed by atoms with van der Waals surface area (Å²) < 4.78 is 6.55. The number of benzene rings is 1. The third-order valence-electron chi connectivity index (χ3n) is 7.34. The molecule has 6 heteroatoms. The van der Waals surface area contributed by atoms with Gasteiger partial charge in [-0.15, -0.1) is 0 Å². The van der Waals surface area contributed by atoms with Crippen LogP contribution in [0.3, 0.4) is 0 Å². The first-order valence-electron chi connectivity index (χ1n) is 11.7. The molecule has 3 aliphatic heterocycles. The minimum atomic E-state index is -0.266. The summed E-state index contributed by atoms with van der Waals surface area (Å²) in [6.07, 6.45) is 7.77. The fourth-order valence-corrected chi connectivity index (χ4v) is 5.32. The quantitative estimate of drug-likeness (QED) is 0.825. The van der Waals surface area contributed by atoms with Gasteiger partial charge in [0, 0.05) is 57.9 Å². The third-order valence-corrected chi connectivity index (χ3v) is 7.34. The van der Waals surface area contributed by atoms with E-state index >= 15 is 0 Å². The minimum Gasteiger partial charge on any atom is -0.487 e. The number of nitrogens with zero attached hydrogens (tertiary/aromatic N) is 2. The maximum absolute atomic E-state index is 12.8. The molecule has 0 bridgehead atoms. The molecule has 1 aromatic rings. The van der Waals surface area contributed by atoms with Gasteiger partial charge in [0.25, 0.3) is 0 Å². The van der Waals surface area contributed by atoms with Gasteiger partial charge in [-0.05, 0) is 49.7 Å². The van der Waals surface area contributed by atoms with E-state index in [1.54, 1.807) is 0 Å². The molecular formula is C24H33N3O3. The number of fused-ring (bicyclic) bond motifs is 1. The highest BCUT2D eigenvalue weighted by molar-refractivity contribution is 5.77. The second-order valence-electron chi connectivity index (χ2n) is 9.64. The first-order valence-corrected chi connectivity index (χ1v) is 11.7. The van der Waals surface area contributed by atoms with E-state index in [4.69, 9.17) is 4.74 Å². The van der Waals surface area contributed by atoms with E-state index in [9.17, 15) is 9.59 Å². The number of hydrogen-bond acceptors (Lipinski definition) is 3. The van der Waals surface area contributed by atoms with E-state index in [-0.39, 0.29) is 23.5 Å². The molecule has 5 rings (SSSR count). The Kier molecular flexibility index (Phi) is 5.34. The predicted octanol–water partition coefficient (Wildman–Crippen LogP) is 3.52. The molecule has 4 aliphatic rings. The molecule has 1 aliphatic carbocycles. The summed E-state index contributed by atoms with van der Waals surface area (Å²) in [5, 5.41) is 3.13. The first kappa shape index (κ1) is 19.7. The Labute approximate surface area is 178 Å². The van der Waals surface area contributed by atoms with Gasteiger partial charge < -0.3 is 19.9 Å². The predicted molar refractivity (Wildman–Crippen MR) is 115 cm³/mol. The number of hydrogen-bond donors (Lipinski definition) is 1. The molecule has 3 amide bonds. The molecule has 1 spiro atoms. The number of carbonyl (C=O) groups excluding carboxylic acids is 2. The second kappa shape index (κ2) is 8.12. The van der Waals surface area contributed by atoms with Crippen molar-refractivity contribution in [2.45, 2.75) is 62.9 Å². The summed E-state index contributed by atoms with van der Waals surface area (Å²) in [4.78, 5) is 29.4. The molecule has 6 nitrogen and oxygen atoms in total. The third kappa shape index (κ3) is 4.14. The summed E-state index contributed by atoms with van der Waals surface area (Å²) in [5.74, 6) is 1.94. The number of carbonyl (C=O) groups is 2. The molecular weight excluding hydrogens is 378 g/mol. The van der Waals surface area contributed by atoms with Crippen LogP contribution in [0, 0.1) is 5.92 Å². The minimum absolute atomic E-state index is 0.153. The van der Waals surface area contributed by atoms with E-state index in [0.717, 1.165) is 76.1 Å². The zero-order valence-electron chi connectivity index (χ0n) is 17.8. The van der Waals surface area contributed by atoms with Crippen LogP contribution in [0.25, 0.3) is 0 Å². The highest BCUT2D eigenvalue weighted by Crippen LogP contribution is 2.46. The van der Waals surface area contributed by atoms with Crippen molar-refractivity contribution in [2.24, 2.45) is 5.92 Å². The molecule has 0 aromatic heterocycles. The molecule has 0 radical (unpaired) electrons. The number of nitrogens with one attached hydrogen (secondary N) is 1. The lowest BCUT2D eigenvalue weighted by molar-refractivity contribution is -0.122. The number of urea groups is 1. The SMILES string of the molecule is O=C(C[C@H]1CC2(CCN(C(=O)N3CCCC3)CC2)Oc2ccccc21)NCC1CC1. The van der Waals surface area contributed by atoms with Gasteiger partial charge in [-0.2, -0.15) is 0 Å². The summed E-state index contributed by atoms with van der Waals surface area (Å²) in [6.45, 7) is 4.07. The van der Waals surface area contributed by atoms with Crippen LogP contribution in [0.2, 0.25) is 0 Å². The standard InChI is InChI=1S/C24H33N3O3/c28-22(25-17-18-7-8-18)15-19-16-24(30-21-6-2-1-5-20(19)21)9-13-27(14-10-24)23(29)26-11-3-4-12-26/h1-2,5-6,18-19H,3-4,7-17H2,(H,25,28)/t19-/m0/s1. The van der Waals surface area contributed by atoms with E-state index in [1.165, 1.54) is 12.8 Å². The molecule has 0 unspecified atom stereocenters. The maximum atomic E-state index is 12.8. The van der Waals surface area contributed by atoms with Crippen LogP contribution in [0.4, 0.5) is 4.79 Å². The van der Waals surface area contributed by atoms with Crippen LogP contribution in [0.15, 0.2) is 24.3 Å². The highest BCUT2D eigenvalue weighted by atomic mass is 16.5. The van der Waals surface area contributed by atoms with Gasteiger partial charge in [0.05, 0.1) is 0 Å². The van der Waals surface area contributed by atoms with Crippen LogP contribution >= 0.6 is 0 Å². The number of ether oxygens (including phenoxy) is 1. The van der Waals surface area contributed by atoms with Crippen molar-refractivity contribution in [2.75, 3.05) is 32.7 Å². The Balaban J connectivity index is 1.25. The number of likely N-dealkylation sites (tertiary alicyclic amines) is 2. The molecule has 1 aromatic carbocycles. The van der Waals surface area contributed by atoms with Crippen LogP contribution in [0.5, 0.6) is 5.75 Å². The summed E-state index contributed by atoms with van der Waals surface area (Å²) in [7, 11) is 0. The molecule has 1 saturated carbocycles. The van der Waals surface area contributed by atoms with Crippen molar-refractivity contribution >= 4 is 11.9 Å². The molecule has 162 valence electrons. The van der Waals surface area contributed by atoms with Crippen molar-refractivity contribution < 1.29 is 14.3 Å². The smallest absolute Gasteiger partial charge is 0.320 e. The van der Waals surface area contributed by atoms with Crippen LogP contribution in [0.1, 0.15) is 62.8 Å². The Morgan fingerprint density at radius 1 is 1.03 bits per heavy atom. The molecule has 1 atom stereocenters. The lowest BCUT2D eigenvalue weighted by atomic mass is 9.76. The second-order valence-corrected chi connectivity index (χ2v) is 9.64. The summed E-state index contributed by atoms with van der Waals surface area (Å²) in [5.41, 5.74) is 0.887.